The third-order valence-electron chi connectivity index (χ3n) is 2.24. The fourth-order valence-corrected chi connectivity index (χ4v) is 1.61. The van der Waals surface area contributed by atoms with Crippen molar-refractivity contribution in [1.29, 1.82) is 0 Å². The zero-order chi connectivity index (χ0) is 12.7. The molecular formula is C13H19ClFNO. The summed E-state index contributed by atoms with van der Waals surface area (Å²) in [5.41, 5.74) is 0.512. The Morgan fingerprint density at radius 2 is 2.18 bits per heavy atom. The van der Waals surface area contributed by atoms with E-state index in [0.717, 1.165) is 6.61 Å². The second-order valence-electron chi connectivity index (χ2n) is 4.35. The lowest BCUT2D eigenvalue weighted by molar-refractivity contribution is 0.111. The summed E-state index contributed by atoms with van der Waals surface area (Å²) in [4.78, 5) is 0. The maximum absolute atomic E-state index is 13.4. The van der Waals surface area contributed by atoms with Gasteiger partial charge in [0.1, 0.15) is 5.82 Å². The number of hydrogen-bond donors (Lipinski definition) is 1. The quantitative estimate of drug-likeness (QED) is 0.759. The Bertz CT molecular complexity index is 324. The first-order valence-corrected chi connectivity index (χ1v) is 6.20. The highest BCUT2D eigenvalue weighted by Crippen LogP contribution is 2.18. The van der Waals surface area contributed by atoms with Gasteiger partial charge in [-0.1, -0.05) is 31.5 Å². The van der Waals surface area contributed by atoms with Crippen molar-refractivity contribution in [3.8, 4) is 0 Å². The van der Waals surface area contributed by atoms with Crippen molar-refractivity contribution >= 4 is 11.6 Å². The highest BCUT2D eigenvalue weighted by molar-refractivity contribution is 6.31. The highest BCUT2D eigenvalue weighted by Gasteiger charge is 2.05. The molecule has 0 aromatic heterocycles. The molecule has 1 aromatic carbocycles. The van der Waals surface area contributed by atoms with Gasteiger partial charge in [0.05, 0.1) is 6.61 Å². The maximum Gasteiger partial charge on any atom is 0.129 e. The molecule has 0 aliphatic rings. The summed E-state index contributed by atoms with van der Waals surface area (Å²) in [5, 5.41) is 3.57. The van der Waals surface area contributed by atoms with Crippen molar-refractivity contribution in [3.63, 3.8) is 0 Å². The third kappa shape index (κ3) is 5.48. The Morgan fingerprint density at radius 3 is 2.82 bits per heavy atom. The molecule has 0 unspecified atom stereocenters. The predicted molar refractivity (Wildman–Crippen MR) is 68.8 cm³/mol. The highest BCUT2D eigenvalue weighted by atomic mass is 35.5. The van der Waals surface area contributed by atoms with Crippen LogP contribution in [-0.2, 0) is 11.3 Å². The summed E-state index contributed by atoms with van der Waals surface area (Å²) in [6.45, 7) is 6.71. The molecule has 0 aliphatic heterocycles. The predicted octanol–water partition coefficient (Wildman–Crippen LogP) is 3.24. The van der Waals surface area contributed by atoms with Gasteiger partial charge in [-0.05, 0) is 18.1 Å². The minimum atomic E-state index is -0.270. The van der Waals surface area contributed by atoms with E-state index in [9.17, 15) is 4.39 Å². The summed E-state index contributed by atoms with van der Waals surface area (Å²) in [6.07, 6.45) is 0. The topological polar surface area (TPSA) is 21.3 Å². The standard InChI is InChI=1S/C13H19ClFNO/c1-10(2)9-17-7-6-16-8-11-12(14)4-3-5-13(11)15/h3-5,10,16H,6-9H2,1-2H3. The van der Waals surface area contributed by atoms with Gasteiger partial charge in [-0.2, -0.15) is 0 Å². The summed E-state index contributed by atoms with van der Waals surface area (Å²) in [6, 6.07) is 4.71. The molecule has 0 saturated heterocycles. The van der Waals surface area contributed by atoms with Gasteiger partial charge >= 0.3 is 0 Å². The van der Waals surface area contributed by atoms with Crippen LogP contribution in [0.4, 0.5) is 4.39 Å². The van der Waals surface area contributed by atoms with Crippen molar-refractivity contribution in [3.05, 3.63) is 34.6 Å². The van der Waals surface area contributed by atoms with E-state index in [1.54, 1.807) is 12.1 Å². The van der Waals surface area contributed by atoms with Crippen LogP contribution in [0, 0.1) is 11.7 Å². The monoisotopic (exact) mass is 259 g/mol. The van der Waals surface area contributed by atoms with Crippen molar-refractivity contribution in [1.82, 2.24) is 5.32 Å². The fraction of sp³-hybridized carbons (Fsp3) is 0.538. The number of ether oxygens (including phenoxy) is 1. The zero-order valence-corrected chi connectivity index (χ0v) is 11.1. The minimum absolute atomic E-state index is 0.270. The lowest BCUT2D eigenvalue weighted by Gasteiger charge is -2.09. The molecule has 96 valence electrons. The molecule has 2 nitrogen and oxygen atoms in total. The maximum atomic E-state index is 13.4. The van der Waals surface area contributed by atoms with E-state index >= 15 is 0 Å². The molecule has 0 amide bonds. The van der Waals surface area contributed by atoms with Gasteiger partial charge in [0.15, 0.2) is 0 Å². The number of halogens is 2. The average molecular weight is 260 g/mol. The minimum Gasteiger partial charge on any atom is -0.380 e. The Labute approximate surface area is 107 Å². The van der Waals surface area contributed by atoms with Gasteiger partial charge < -0.3 is 10.1 Å². The van der Waals surface area contributed by atoms with Crippen molar-refractivity contribution < 1.29 is 9.13 Å². The van der Waals surface area contributed by atoms with Crippen LogP contribution >= 0.6 is 11.6 Å². The number of benzene rings is 1. The van der Waals surface area contributed by atoms with Crippen LogP contribution in [0.3, 0.4) is 0 Å². The van der Waals surface area contributed by atoms with Crippen LogP contribution in [0.2, 0.25) is 5.02 Å². The molecule has 1 N–H and O–H groups in total. The SMILES string of the molecule is CC(C)COCCNCc1c(F)cccc1Cl. The molecule has 1 aromatic rings. The van der Waals surface area contributed by atoms with E-state index in [2.05, 4.69) is 19.2 Å². The Hall–Kier alpha value is -0.640. The molecule has 4 heteroatoms. The van der Waals surface area contributed by atoms with Crippen molar-refractivity contribution in [2.24, 2.45) is 5.92 Å². The molecule has 0 spiro atoms. The molecular weight excluding hydrogens is 241 g/mol. The van der Waals surface area contributed by atoms with Crippen molar-refractivity contribution in [2.75, 3.05) is 19.8 Å². The van der Waals surface area contributed by atoms with Gasteiger partial charge in [0, 0.05) is 30.3 Å². The summed E-state index contributed by atoms with van der Waals surface area (Å²) >= 11 is 5.90. The van der Waals surface area contributed by atoms with Gasteiger partial charge in [-0.25, -0.2) is 4.39 Å². The fourth-order valence-electron chi connectivity index (χ4n) is 1.38. The van der Waals surface area contributed by atoms with Crippen LogP contribution in [0.15, 0.2) is 18.2 Å². The van der Waals surface area contributed by atoms with Gasteiger partial charge in [0.2, 0.25) is 0 Å². The van der Waals surface area contributed by atoms with Crippen LogP contribution in [0.1, 0.15) is 19.4 Å². The molecule has 0 atom stereocenters. The van der Waals surface area contributed by atoms with Crippen LogP contribution in [-0.4, -0.2) is 19.8 Å². The van der Waals surface area contributed by atoms with E-state index in [1.807, 2.05) is 0 Å². The molecule has 0 radical (unpaired) electrons. The van der Waals surface area contributed by atoms with Gasteiger partial charge in [-0.3, -0.25) is 0 Å². The molecule has 0 fully saturated rings. The number of hydrogen-bond acceptors (Lipinski definition) is 2. The van der Waals surface area contributed by atoms with E-state index in [0.29, 0.717) is 36.2 Å². The largest absolute Gasteiger partial charge is 0.380 e. The van der Waals surface area contributed by atoms with E-state index in [1.165, 1.54) is 6.07 Å². The second kappa shape index (κ2) is 7.64. The first-order valence-electron chi connectivity index (χ1n) is 5.82. The lowest BCUT2D eigenvalue weighted by atomic mass is 10.2. The third-order valence-corrected chi connectivity index (χ3v) is 2.59. The lowest BCUT2D eigenvalue weighted by Crippen LogP contribution is -2.21. The van der Waals surface area contributed by atoms with Crippen LogP contribution < -0.4 is 5.32 Å². The summed E-state index contributed by atoms with van der Waals surface area (Å²) in [7, 11) is 0. The Kier molecular flexibility index (Phi) is 6.48. The Morgan fingerprint density at radius 1 is 1.41 bits per heavy atom. The normalized spacial score (nSPS) is 11.1. The second-order valence-corrected chi connectivity index (χ2v) is 4.75. The summed E-state index contributed by atoms with van der Waals surface area (Å²) < 4.78 is 18.8. The van der Waals surface area contributed by atoms with Crippen LogP contribution in [0.25, 0.3) is 0 Å². The number of nitrogens with one attached hydrogen (secondary N) is 1. The molecule has 0 bridgehead atoms. The molecule has 0 saturated carbocycles. The molecule has 17 heavy (non-hydrogen) atoms. The van der Waals surface area contributed by atoms with E-state index in [4.69, 9.17) is 16.3 Å². The molecule has 0 aliphatic carbocycles. The van der Waals surface area contributed by atoms with Crippen LogP contribution in [0.5, 0.6) is 0 Å². The summed E-state index contributed by atoms with van der Waals surface area (Å²) in [5.74, 6) is 0.268. The smallest absolute Gasteiger partial charge is 0.129 e. The average Bonchev–Trinajstić information content (AvgIpc) is 2.26. The first-order chi connectivity index (χ1) is 8.11. The number of rotatable bonds is 7. The van der Waals surface area contributed by atoms with Crippen molar-refractivity contribution in [2.45, 2.75) is 20.4 Å². The van der Waals surface area contributed by atoms with Gasteiger partial charge in [-0.15, -0.1) is 0 Å². The van der Waals surface area contributed by atoms with E-state index in [-0.39, 0.29) is 5.82 Å². The Balaban J connectivity index is 2.22. The zero-order valence-electron chi connectivity index (χ0n) is 10.3. The first kappa shape index (κ1) is 14.4. The molecule has 0 heterocycles. The van der Waals surface area contributed by atoms with Gasteiger partial charge in [0.25, 0.3) is 0 Å². The molecule has 1 rings (SSSR count). The van der Waals surface area contributed by atoms with E-state index < -0.39 is 0 Å².